The van der Waals surface area contributed by atoms with Crippen LogP contribution in [0, 0.1) is 0 Å². The average molecular weight is 305 g/mol. The van der Waals surface area contributed by atoms with Crippen LogP contribution in [0.15, 0.2) is 24.3 Å². The number of amides is 1. The summed E-state index contributed by atoms with van der Waals surface area (Å²) in [5.74, 6) is -0.0372. The maximum absolute atomic E-state index is 12.6. The molecule has 1 N–H and O–H groups in total. The average Bonchev–Trinajstić information content (AvgIpc) is 3.00. The molecule has 2 aliphatic heterocycles. The molecular formula is C17H23NO4. The molecule has 2 atom stereocenters. The maximum Gasteiger partial charge on any atom is 0.253 e. The number of likely N-dealkylation sites (tertiary alicyclic amines) is 1. The fourth-order valence-electron chi connectivity index (χ4n) is 3.46. The minimum atomic E-state index is -0.602. The Morgan fingerprint density at radius 2 is 2.36 bits per heavy atom. The molecule has 1 aromatic rings. The van der Waals surface area contributed by atoms with Crippen LogP contribution >= 0.6 is 0 Å². The van der Waals surface area contributed by atoms with E-state index in [4.69, 9.17) is 9.47 Å². The second kappa shape index (κ2) is 6.36. The van der Waals surface area contributed by atoms with Crippen LogP contribution in [0.5, 0.6) is 0 Å². The van der Waals surface area contributed by atoms with Gasteiger partial charge in [0, 0.05) is 32.4 Å². The van der Waals surface area contributed by atoms with Crippen molar-refractivity contribution >= 4 is 5.91 Å². The summed E-state index contributed by atoms with van der Waals surface area (Å²) in [4.78, 5) is 14.4. The summed E-state index contributed by atoms with van der Waals surface area (Å²) < 4.78 is 10.9. The third kappa shape index (κ3) is 2.89. The molecule has 2 fully saturated rings. The summed E-state index contributed by atoms with van der Waals surface area (Å²) in [5, 5.41) is 10.4. The van der Waals surface area contributed by atoms with Crippen molar-refractivity contribution < 1.29 is 19.4 Å². The zero-order valence-corrected chi connectivity index (χ0v) is 13.0. The van der Waals surface area contributed by atoms with Crippen molar-refractivity contribution in [2.24, 2.45) is 0 Å². The van der Waals surface area contributed by atoms with Gasteiger partial charge in [-0.3, -0.25) is 4.79 Å². The van der Waals surface area contributed by atoms with Crippen molar-refractivity contribution in [3.63, 3.8) is 0 Å². The van der Waals surface area contributed by atoms with E-state index >= 15 is 0 Å². The van der Waals surface area contributed by atoms with E-state index in [1.807, 2.05) is 24.3 Å². The van der Waals surface area contributed by atoms with Gasteiger partial charge >= 0.3 is 0 Å². The lowest BCUT2D eigenvalue weighted by Crippen LogP contribution is -2.56. The predicted octanol–water partition coefficient (Wildman–Crippen LogP) is 1.59. The zero-order chi connectivity index (χ0) is 15.6. The number of benzene rings is 1. The summed E-state index contributed by atoms with van der Waals surface area (Å²) in [6.07, 6.45) is 1.98. The molecule has 0 radical (unpaired) electrons. The van der Waals surface area contributed by atoms with Crippen molar-refractivity contribution in [2.45, 2.75) is 37.6 Å². The Labute approximate surface area is 130 Å². The first-order valence-corrected chi connectivity index (χ1v) is 7.84. The Morgan fingerprint density at radius 3 is 3.05 bits per heavy atom. The topological polar surface area (TPSA) is 59.0 Å². The minimum Gasteiger partial charge on any atom is -0.388 e. The maximum atomic E-state index is 12.6. The van der Waals surface area contributed by atoms with Gasteiger partial charge in [-0.1, -0.05) is 12.1 Å². The van der Waals surface area contributed by atoms with Gasteiger partial charge in [0.05, 0.1) is 12.2 Å². The summed E-state index contributed by atoms with van der Waals surface area (Å²) in [5.41, 5.74) is 1.20. The molecule has 2 aliphatic rings. The molecule has 0 aromatic heterocycles. The second-order valence-corrected chi connectivity index (χ2v) is 6.17. The van der Waals surface area contributed by atoms with Gasteiger partial charge in [0.1, 0.15) is 6.10 Å². The van der Waals surface area contributed by atoms with Crippen LogP contribution in [0.1, 0.15) is 35.2 Å². The molecule has 2 heterocycles. The molecule has 1 aromatic carbocycles. The van der Waals surface area contributed by atoms with E-state index in [2.05, 4.69) is 0 Å². The van der Waals surface area contributed by atoms with Crippen LogP contribution in [0.2, 0.25) is 0 Å². The molecule has 120 valence electrons. The normalized spacial score (nSPS) is 28.3. The molecular weight excluding hydrogens is 282 g/mol. The zero-order valence-electron chi connectivity index (χ0n) is 13.0. The lowest BCUT2D eigenvalue weighted by Gasteiger charge is -2.42. The first-order chi connectivity index (χ1) is 10.6. The minimum absolute atomic E-state index is 0.0372. The van der Waals surface area contributed by atoms with E-state index in [0.29, 0.717) is 38.3 Å². The molecule has 2 saturated heterocycles. The number of methoxy groups -OCH3 is 1. The summed E-state index contributed by atoms with van der Waals surface area (Å²) in [6, 6.07) is 7.47. The van der Waals surface area contributed by atoms with Crippen molar-refractivity contribution in [2.75, 3.05) is 26.8 Å². The molecule has 0 bridgehead atoms. The highest BCUT2D eigenvalue weighted by Crippen LogP contribution is 2.36. The van der Waals surface area contributed by atoms with Crippen LogP contribution in [-0.4, -0.2) is 54.4 Å². The molecule has 5 heteroatoms. The number of β-amino-alcohol motifs (C(OH)–C–C–N with tert-alkyl or cyclic N) is 1. The van der Waals surface area contributed by atoms with Gasteiger partial charge in [-0.15, -0.1) is 0 Å². The van der Waals surface area contributed by atoms with Gasteiger partial charge in [0.2, 0.25) is 0 Å². The quantitative estimate of drug-likeness (QED) is 0.921. The highest BCUT2D eigenvalue weighted by Gasteiger charge is 2.46. The van der Waals surface area contributed by atoms with E-state index < -0.39 is 11.7 Å². The molecule has 1 spiro atoms. The Morgan fingerprint density at radius 1 is 1.50 bits per heavy atom. The van der Waals surface area contributed by atoms with Crippen LogP contribution in [0.4, 0.5) is 0 Å². The SMILES string of the molecule is COCc1cccc(C(=O)N2CC[C@@]3(CCCO3)[C@@H](O)C2)c1. The number of ether oxygens (including phenoxy) is 2. The number of hydrogen-bond acceptors (Lipinski definition) is 4. The smallest absolute Gasteiger partial charge is 0.253 e. The van der Waals surface area contributed by atoms with Gasteiger partial charge < -0.3 is 19.5 Å². The first-order valence-electron chi connectivity index (χ1n) is 7.84. The molecule has 22 heavy (non-hydrogen) atoms. The van der Waals surface area contributed by atoms with Crippen LogP contribution < -0.4 is 0 Å². The number of nitrogens with zero attached hydrogens (tertiary/aromatic N) is 1. The van der Waals surface area contributed by atoms with Gasteiger partial charge in [-0.25, -0.2) is 0 Å². The van der Waals surface area contributed by atoms with E-state index in [9.17, 15) is 9.90 Å². The number of rotatable bonds is 3. The molecule has 0 saturated carbocycles. The number of hydrogen-bond donors (Lipinski definition) is 1. The molecule has 0 unspecified atom stereocenters. The molecule has 0 aliphatic carbocycles. The van der Waals surface area contributed by atoms with Crippen LogP contribution in [-0.2, 0) is 16.1 Å². The molecule has 5 nitrogen and oxygen atoms in total. The largest absolute Gasteiger partial charge is 0.388 e. The van der Waals surface area contributed by atoms with Crippen molar-refractivity contribution in [1.29, 1.82) is 0 Å². The van der Waals surface area contributed by atoms with E-state index in [1.54, 1.807) is 12.0 Å². The molecule has 1 amide bonds. The number of aliphatic hydroxyl groups is 1. The third-order valence-corrected chi connectivity index (χ3v) is 4.71. The van der Waals surface area contributed by atoms with Gasteiger partial charge in [-0.05, 0) is 37.0 Å². The van der Waals surface area contributed by atoms with Crippen LogP contribution in [0.25, 0.3) is 0 Å². The first kappa shape index (κ1) is 15.5. The third-order valence-electron chi connectivity index (χ3n) is 4.71. The van der Waals surface area contributed by atoms with Gasteiger partial charge in [0.25, 0.3) is 5.91 Å². The fourth-order valence-corrected chi connectivity index (χ4v) is 3.46. The highest BCUT2D eigenvalue weighted by molar-refractivity contribution is 5.94. The Bertz CT molecular complexity index is 539. The van der Waals surface area contributed by atoms with Gasteiger partial charge in [0.15, 0.2) is 0 Å². The number of carbonyl (C=O) groups excluding carboxylic acids is 1. The summed E-state index contributed by atoms with van der Waals surface area (Å²) in [7, 11) is 1.64. The standard InChI is InChI=1S/C17H23NO4/c1-21-12-13-4-2-5-14(10-13)16(20)18-8-7-17(15(19)11-18)6-3-9-22-17/h2,4-5,10,15,19H,3,6-9,11-12H2,1H3/t15-,17-/m0/s1. The van der Waals surface area contributed by atoms with Gasteiger partial charge in [-0.2, -0.15) is 0 Å². The fraction of sp³-hybridized carbons (Fsp3) is 0.588. The lowest BCUT2D eigenvalue weighted by atomic mass is 9.86. The van der Waals surface area contributed by atoms with E-state index in [0.717, 1.165) is 18.4 Å². The van der Waals surface area contributed by atoms with Crippen molar-refractivity contribution in [3.8, 4) is 0 Å². The predicted molar refractivity (Wildman–Crippen MR) is 81.6 cm³/mol. The van der Waals surface area contributed by atoms with Crippen molar-refractivity contribution in [1.82, 2.24) is 4.90 Å². The molecule has 3 rings (SSSR count). The van der Waals surface area contributed by atoms with E-state index in [-0.39, 0.29) is 5.91 Å². The Balaban J connectivity index is 1.70. The Hall–Kier alpha value is -1.43. The highest BCUT2D eigenvalue weighted by atomic mass is 16.5. The number of piperidine rings is 1. The lowest BCUT2D eigenvalue weighted by molar-refractivity contribution is -0.122. The number of aliphatic hydroxyl groups excluding tert-OH is 1. The van der Waals surface area contributed by atoms with Crippen LogP contribution in [0.3, 0.4) is 0 Å². The van der Waals surface area contributed by atoms with Crippen molar-refractivity contribution in [3.05, 3.63) is 35.4 Å². The summed E-state index contributed by atoms with van der Waals surface area (Å²) in [6.45, 7) is 2.17. The Kier molecular flexibility index (Phi) is 4.47. The monoisotopic (exact) mass is 305 g/mol. The summed E-state index contributed by atoms with van der Waals surface area (Å²) >= 11 is 0. The second-order valence-electron chi connectivity index (χ2n) is 6.17. The van der Waals surface area contributed by atoms with E-state index in [1.165, 1.54) is 0 Å². The number of carbonyl (C=O) groups is 1.